The van der Waals surface area contributed by atoms with Crippen molar-refractivity contribution in [3.05, 3.63) is 0 Å². The predicted molar refractivity (Wildman–Crippen MR) is 68.1 cm³/mol. The van der Waals surface area contributed by atoms with Crippen LogP contribution in [0.3, 0.4) is 0 Å². The maximum Gasteiger partial charge on any atom is 0.322 e. The molecule has 1 N–H and O–H groups in total. The highest BCUT2D eigenvalue weighted by molar-refractivity contribution is 5.38. The smallest absolute Gasteiger partial charge is 0.322 e. The molecule has 18 heavy (non-hydrogen) atoms. The summed E-state index contributed by atoms with van der Waals surface area (Å²) in [6.45, 7) is 5.61. The third-order valence-corrected chi connectivity index (χ3v) is 2.71. The van der Waals surface area contributed by atoms with Crippen LogP contribution in [0.2, 0.25) is 0 Å². The zero-order valence-electron chi connectivity index (χ0n) is 11.2. The van der Waals surface area contributed by atoms with Crippen molar-refractivity contribution in [2.24, 2.45) is 0 Å². The number of nitrogens with one attached hydrogen (secondary N) is 1. The average Bonchev–Trinajstić information content (AvgIpc) is 2.37. The standard InChI is InChI=1S/C11H19N5O2/c1-7-5-16(6-8(2)18-7)10-13-9(12-3)14-11(15-10)17-4/h7-8H,5-6H2,1-4H3,(H,12,13,14,15)/t7-,8+. The monoisotopic (exact) mass is 253 g/mol. The van der Waals surface area contributed by atoms with E-state index in [0.717, 1.165) is 13.1 Å². The number of hydrogen-bond donors (Lipinski definition) is 1. The Kier molecular flexibility index (Phi) is 3.81. The highest BCUT2D eigenvalue weighted by atomic mass is 16.5. The second-order valence-electron chi connectivity index (χ2n) is 4.36. The average molecular weight is 253 g/mol. The summed E-state index contributed by atoms with van der Waals surface area (Å²) in [6, 6.07) is 0.316. The van der Waals surface area contributed by atoms with Crippen molar-refractivity contribution in [1.82, 2.24) is 15.0 Å². The molecule has 0 unspecified atom stereocenters. The summed E-state index contributed by atoms with van der Waals surface area (Å²) in [6.07, 6.45) is 0.323. The maximum atomic E-state index is 5.69. The van der Waals surface area contributed by atoms with Crippen LogP contribution in [-0.4, -0.2) is 54.4 Å². The zero-order valence-corrected chi connectivity index (χ0v) is 11.2. The summed E-state index contributed by atoms with van der Waals surface area (Å²) in [5.41, 5.74) is 0. The van der Waals surface area contributed by atoms with Crippen LogP contribution in [0.4, 0.5) is 11.9 Å². The van der Waals surface area contributed by atoms with Crippen molar-refractivity contribution >= 4 is 11.9 Å². The van der Waals surface area contributed by atoms with Crippen LogP contribution in [0.25, 0.3) is 0 Å². The number of hydrogen-bond acceptors (Lipinski definition) is 7. The third kappa shape index (κ3) is 2.79. The van der Waals surface area contributed by atoms with Gasteiger partial charge in [0.05, 0.1) is 19.3 Å². The van der Waals surface area contributed by atoms with Crippen molar-refractivity contribution < 1.29 is 9.47 Å². The van der Waals surface area contributed by atoms with Gasteiger partial charge >= 0.3 is 6.01 Å². The molecular weight excluding hydrogens is 234 g/mol. The molecule has 0 aromatic carbocycles. The zero-order chi connectivity index (χ0) is 13.1. The highest BCUT2D eigenvalue weighted by Gasteiger charge is 2.25. The Hall–Kier alpha value is -1.63. The minimum absolute atomic E-state index is 0.162. The van der Waals surface area contributed by atoms with Gasteiger partial charge in [-0.05, 0) is 13.8 Å². The quantitative estimate of drug-likeness (QED) is 0.842. The van der Waals surface area contributed by atoms with Crippen molar-refractivity contribution in [1.29, 1.82) is 0 Å². The molecule has 100 valence electrons. The fourth-order valence-corrected chi connectivity index (χ4v) is 2.03. The Labute approximate surface area is 107 Å². The van der Waals surface area contributed by atoms with Gasteiger partial charge in [0.1, 0.15) is 0 Å². The fraction of sp³-hybridized carbons (Fsp3) is 0.727. The first kappa shape index (κ1) is 12.8. The Bertz CT molecular complexity index is 382. The van der Waals surface area contributed by atoms with E-state index < -0.39 is 0 Å². The molecule has 7 heteroatoms. The molecule has 0 spiro atoms. The van der Waals surface area contributed by atoms with E-state index in [1.807, 2.05) is 13.8 Å². The lowest BCUT2D eigenvalue weighted by atomic mass is 10.2. The van der Waals surface area contributed by atoms with Crippen LogP contribution in [0.15, 0.2) is 0 Å². The maximum absolute atomic E-state index is 5.69. The van der Waals surface area contributed by atoms with Crippen LogP contribution in [0.5, 0.6) is 6.01 Å². The predicted octanol–water partition coefficient (Wildman–Crippen LogP) is 0.535. The number of nitrogens with zero attached hydrogens (tertiary/aromatic N) is 4. The van der Waals surface area contributed by atoms with Gasteiger partial charge in [-0.15, -0.1) is 0 Å². The van der Waals surface area contributed by atoms with Gasteiger partial charge in [0, 0.05) is 20.1 Å². The SMILES string of the molecule is CNc1nc(OC)nc(N2C[C@@H](C)O[C@@H](C)C2)n1. The van der Waals surface area contributed by atoms with Gasteiger partial charge in [-0.25, -0.2) is 0 Å². The van der Waals surface area contributed by atoms with Gasteiger partial charge in [0.25, 0.3) is 0 Å². The summed E-state index contributed by atoms with van der Waals surface area (Å²) in [7, 11) is 3.31. The van der Waals surface area contributed by atoms with Crippen LogP contribution in [0, 0.1) is 0 Å². The topological polar surface area (TPSA) is 72.4 Å². The molecule has 1 aliphatic heterocycles. The lowest BCUT2D eigenvalue weighted by Crippen LogP contribution is -2.46. The molecule has 2 rings (SSSR count). The number of ether oxygens (including phenoxy) is 2. The lowest BCUT2D eigenvalue weighted by molar-refractivity contribution is -0.00576. The second-order valence-corrected chi connectivity index (χ2v) is 4.36. The molecular formula is C11H19N5O2. The summed E-state index contributed by atoms with van der Waals surface area (Å²) >= 11 is 0. The van der Waals surface area contributed by atoms with E-state index in [9.17, 15) is 0 Å². The van der Waals surface area contributed by atoms with Gasteiger partial charge in [-0.1, -0.05) is 0 Å². The molecule has 0 bridgehead atoms. The molecule has 2 atom stereocenters. The molecule has 1 aromatic rings. The number of aromatic nitrogens is 3. The van der Waals surface area contributed by atoms with Crippen LogP contribution in [-0.2, 0) is 4.74 Å². The van der Waals surface area contributed by atoms with Gasteiger partial charge in [0.2, 0.25) is 11.9 Å². The third-order valence-electron chi connectivity index (χ3n) is 2.71. The molecule has 0 aliphatic carbocycles. The van der Waals surface area contributed by atoms with Crippen LogP contribution in [0.1, 0.15) is 13.8 Å². The van der Waals surface area contributed by atoms with Crippen molar-refractivity contribution in [2.45, 2.75) is 26.1 Å². The van der Waals surface area contributed by atoms with E-state index in [4.69, 9.17) is 9.47 Å². The Morgan fingerprint density at radius 2 is 1.89 bits per heavy atom. The number of methoxy groups -OCH3 is 1. The molecule has 7 nitrogen and oxygen atoms in total. The van der Waals surface area contributed by atoms with Gasteiger partial charge < -0.3 is 19.7 Å². The number of rotatable bonds is 3. The molecule has 0 saturated carbocycles. The van der Waals surface area contributed by atoms with Gasteiger partial charge in [0.15, 0.2) is 0 Å². The molecule has 1 aromatic heterocycles. The lowest BCUT2D eigenvalue weighted by Gasteiger charge is -2.35. The van der Waals surface area contributed by atoms with E-state index in [1.165, 1.54) is 0 Å². The first-order chi connectivity index (χ1) is 8.62. The summed E-state index contributed by atoms with van der Waals surface area (Å²) in [5.74, 6) is 1.12. The number of morpholine rings is 1. The van der Waals surface area contributed by atoms with E-state index in [2.05, 4.69) is 25.2 Å². The van der Waals surface area contributed by atoms with Crippen LogP contribution < -0.4 is 15.0 Å². The highest BCUT2D eigenvalue weighted by Crippen LogP contribution is 2.19. The molecule has 0 radical (unpaired) electrons. The van der Waals surface area contributed by atoms with E-state index >= 15 is 0 Å². The molecule has 1 saturated heterocycles. The Morgan fingerprint density at radius 1 is 1.22 bits per heavy atom. The largest absolute Gasteiger partial charge is 0.467 e. The van der Waals surface area contributed by atoms with Gasteiger partial charge in [-0.3, -0.25) is 0 Å². The fourth-order valence-electron chi connectivity index (χ4n) is 2.03. The van der Waals surface area contributed by atoms with Crippen molar-refractivity contribution in [2.75, 3.05) is 37.5 Å². The van der Waals surface area contributed by atoms with E-state index in [1.54, 1.807) is 14.2 Å². The minimum atomic E-state index is 0.162. The molecule has 1 aliphatic rings. The molecule has 2 heterocycles. The Balaban J connectivity index is 2.25. The number of anilines is 2. The van der Waals surface area contributed by atoms with Crippen molar-refractivity contribution in [3.63, 3.8) is 0 Å². The molecule has 0 amide bonds. The Morgan fingerprint density at radius 3 is 2.44 bits per heavy atom. The van der Waals surface area contributed by atoms with Gasteiger partial charge in [-0.2, -0.15) is 15.0 Å². The van der Waals surface area contributed by atoms with E-state index in [0.29, 0.717) is 17.9 Å². The summed E-state index contributed by atoms with van der Waals surface area (Å²) in [4.78, 5) is 14.8. The first-order valence-corrected chi connectivity index (χ1v) is 6.00. The first-order valence-electron chi connectivity index (χ1n) is 6.00. The van der Waals surface area contributed by atoms with Crippen LogP contribution >= 0.6 is 0 Å². The van der Waals surface area contributed by atoms with Crippen molar-refractivity contribution in [3.8, 4) is 6.01 Å². The summed E-state index contributed by atoms with van der Waals surface area (Å²) in [5, 5.41) is 2.90. The summed E-state index contributed by atoms with van der Waals surface area (Å²) < 4.78 is 10.8. The van der Waals surface area contributed by atoms with E-state index in [-0.39, 0.29) is 12.2 Å². The minimum Gasteiger partial charge on any atom is -0.467 e. The molecule has 1 fully saturated rings. The normalized spacial score (nSPS) is 23.9. The second kappa shape index (κ2) is 5.34.